The molecule has 24 heavy (non-hydrogen) atoms. The Bertz CT molecular complexity index is 795. The number of phenols is 1. The van der Waals surface area contributed by atoms with Gasteiger partial charge in [-0.1, -0.05) is 64.1 Å². The van der Waals surface area contributed by atoms with E-state index in [4.69, 9.17) is 0 Å². The second-order valence-corrected chi connectivity index (χ2v) is 8.03. The van der Waals surface area contributed by atoms with Gasteiger partial charge < -0.3 is 10.2 Å². The third kappa shape index (κ3) is 2.55. The molecule has 2 aromatic rings. The summed E-state index contributed by atoms with van der Waals surface area (Å²) >= 11 is 0. The van der Waals surface area contributed by atoms with Crippen LogP contribution >= 0.6 is 0 Å². The number of allylic oxidation sites excluding steroid dienone is 1. The SMILES string of the molecule is C/C(=C\c1ccc(O)cc1)c1ccc2c(c1)C(C)(C)C(O)C2(C)C. The standard InChI is InChI=1S/C22H26O2/c1-14(12-15-6-9-17(23)10-7-15)16-8-11-18-19(13-16)22(4,5)20(24)21(18,2)3/h6-13,20,23-24H,1-5H3/b14-12+. The fourth-order valence-electron chi connectivity index (χ4n) is 3.99. The number of aliphatic hydroxyl groups is 1. The highest BCUT2D eigenvalue weighted by Crippen LogP contribution is 2.50. The highest BCUT2D eigenvalue weighted by Gasteiger charge is 2.50. The zero-order chi connectivity index (χ0) is 17.7. The van der Waals surface area contributed by atoms with E-state index in [0.717, 1.165) is 5.56 Å². The van der Waals surface area contributed by atoms with Crippen LogP contribution < -0.4 is 0 Å². The first-order valence-corrected chi connectivity index (χ1v) is 8.45. The quantitative estimate of drug-likeness (QED) is 0.773. The van der Waals surface area contributed by atoms with Crippen molar-refractivity contribution < 1.29 is 10.2 Å². The molecule has 0 saturated carbocycles. The smallest absolute Gasteiger partial charge is 0.115 e. The van der Waals surface area contributed by atoms with E-state index < -0.39 is 6.10 Å². The van der Waals surface area contributed by atoms with E-state index in [1.807, 2.05) is 12.1 Å². The normalized spacial score (nSPS) is 21.6. The van der Waals surface area contributed by atoms with Gasteiger partial charge in [0.15, 0.2) is 0 Å². The molecule has 0 aliphatic heterocycles. The van der Waals surface area contributed by atoms with E-state index in [1.54, 1.807) is 12.1 Å². The fraction of sp³-hybridized carbons (Fsp3) is 0.364. The van der Waals surface area contributed by atoms with Crippen LogP contribution in [0.1, 0.15) is 56.9 Å². The number of hydrogen-bond donors (Lipinski definition) is 2. The van der Waals surface area contributed by atoms with Gasteiger partial charge in [-0.15, -0.1) is 0 Å². The van der Waals surface area contributed by atoms with Crippen LogP contribution in [0, 0.1) is 0 Å². The lowest BCUT2D eigenvalue weighted by atomic mass is 9.78. The van der Waals surface area contributed by atoms with Gasteiger partial charge in [0.2, 0.25) is 0 Å². The molecule has 2 aromatic carbocycles. The lowest BCUT2D eigenvalue weighted by molar-refractivity contribution is 0.0566. The average molecular weight is 322 g/mol. The third-order valence-corrected chi connectivity index (χ3v) is 5.51. The van der Waals surface area contributed by atoms with E-state index >= 15 is 0 Å². The van der Waals surface area contributed by atoms with E-state index in [1.165, 1.54) is 22.3 Å². The largest absolute Gasteiger partial charge is 0.508 e. The molecule has 1 atom stereocenters. The molecule has 1 aliphatic carbocycles. The Morgan fingerprint density at radius 2 is 1.50 bits per heavy atom. The van der Waals surface area contributed by atoms with Crippen molar-refractivity contribution >= 4 is 11.6 Å². The highest BCUT2D eigenvalue weighted by atomic mass is 16.3. The molecule has 126 valence electrons. The maximum absolute atomic E-state index is 10.8. The summed E-state index contributed by atoms with van der Waals surface area (Å²) in [6.07, 6.45) is 1.72. The van der Waals surface area contributed by atoms with Crippen LogP contribution in [0.2, 0.25) is 0 Å². The van der Waals surface area contributed by atoms with Gasteiger partial charge in [-0.2, -0.15) is 0 Å². The van der Waals surface area contributed by atoms with Crippen LogP contribution in [0.5, 0.6) is 5.75 Å². The molecule has 0 spiro atoms. The Hall–Kier alpha value is -2.06. The lowest BCUT2D eigenvalue weighted by Crippen LogP contribution is -2.39. The average Bonchev–Trinajstić information content (AvgIpc) is 2.67. The third-order valence-electron chi connectivity index (χ3n) is 5.51. The van der Waals surface area contributed by atoms with E-state index in [2.05, 4.69) is 58.9 Å². The number of rotatable bonds is 2. The van der Waals surface area contributed by atoms with Crippen molar-refractivity contribution in [3.8, 4) is 5.75 Å². The molecule has 3 rings (SSSR count). The number of hydrogen-bond acceptors (Lipinski definition) is 2. The molecule has 0 aromatic heterocycles. The minimum Gasteiger partial charge on any atom is -0.508 e. The Morgan fingerprint density at radius 3 is 2.12 bits per heavy atom. The van der Waals surface area contributed by atoms with Gasteiger partial charge in [-0.25, -0.2) is 0 Å². The van der Waals surface area contributed by atoms with E-state index in [0.29, 0.717) is 0 Å². The Kier molecular flexibility index (Phi) is 3.84. The Labute approximate surface area is 144 Å². The molecule has 1 unspecified atom stereocenters. The summed E-state index contributed by atoms with van der Waals surface area (Å²) in [5.41, 5.74) is 5.38. The predicted octanol–water partition coefficient (Wildman–Crippen LogP) is 4.88. The van der Waals surface area contributed by atoms with Crippen molar-refractivity contribution in [3.63, 3.8) is 0 Å². The van der Waals surface area contributed by atoms with Crippen molar-refractivity contribution in [1.29, 1.82) is 0 Å². The van der Waals surface area contributed by atoms with Gasteiger partial charge in [0.05, 0.1) is 6.10 Å². The van der Waals surface area contributed by atoms with Crippen LogP contribution in [0.15, 0.2) is 42.5 Å². The predicted molar refractivity (Wildman–Crippen MR) is 100 cm³/mol. The van der Waals surface area contributed by atoms with Crippen LogP contribution in [-0.2, 0) is 10.8 Å². The van der Waals surface area contributed by atoms with Crippen LogP contribution in [-0.4, -0.2) is 16.3 Å². The summed E-state index contributed by atoms with van der Waals surface area (Å²) in [6.45, 7) is 10.6. The maximum atomic E-state index is 10.8. The monoisotopic (exact) mass is 322 g/mol. The first-order chi connectivity index (χ1) is 11.1. The second-order valence-electron chi connectivity index (χ2n) is 8.03. The zero-order valence-electron chi connectivity index (χ0n) is 15.1. The minimum absolute atomic E-state index is 0.230. The number of phenolic OH excluding ortho intramolecular Hbond substituents is 1. The fourth-order valence-corrected chi connectivity index (χ4v) is 3.99. The molecule has 2 nitrogen and oxygen atoms in total. The van der Waals surface area contributed by atoms with Gasteiger partial charge >= 0.3 is 0 Å². The number of aromatic hydroxyl groups is 1. The summed E-state index contributed by atoms with van der Waals surface area (Å²) in [4.78, 5) is 0. The van der Waals surface area contributed by atoms with E-state index in [-0.39, 0.29) is 16.6 Å². The van der Waals surface area contributed by atoms with Crippen molar-refractivity contribution in [1.82, 2.24) is 0 Å². The highest BCUT2D eigenvalue weighted by molar-refractivity contribution is 5.81. The molecule has 0 amide bonds. The molecule has 2 heteroatoms. The zero-order valence-corrected chi connectivity index (χ0v) is 15.1. The van der Waals surface area contributed by atoms with Crippen molar-refractivity contribution in [2.75, 3.05) is 0 Å². The van der Waals surface area contributed by atoms with Crippen molar-refractivity contribution in [2.24, 2.45) is 0 Å². The molecule has 1 aliphatic rings. The van der Waals surface area contributed by atoms with Gasteiger partial charge in [0, 0.05) is 10.8 Å². The number of benzene rings is 2. The summed E-state index contributed by atoms with van der Waals surface area (Å²) in [5, 5.41) is 20.2. The molecule has 0 saturated heterocycles. The number of aliphatic hydroxyl groups excluding tert-OH is 1. The Balaban J connectivity index is 2.03. The second kappa shape index (κ2) is 5.49. The summed E-state index contributed by atoms with van der Waals surface area (Å²) in [6, 6.07) is 13.7. The van der Waals surface area contributed by atoms with Crippen molar-refractivity contribution in [2.45, 2.75) is 51.6 Å². The van der Waals surface area contributed by atoms with Gasteiger partial charge in [0.1, 0.15) is 5.75 Å². The molecular formula is C22H26O2. The minimum atomic E-state index is -0.392. The topological polar surface area (TPSA) is 40.5 Å². The number of fused-ring (bicyclic) bond motifs is 1. The maximum Gasteiger partial charge on any atom is 0.115 e. The Morgan fingerprint density at radius 1 is 0.917 bits per heavy atom. The molecule has 0 fully saturated rings. The van der Waals surface area contributed by atoms with Gasteiger partial charge in [-0.05, 0) is 46.9 Å². The van der Waals surface area contributed by atoms with Crippen LogP contribution in [0.4, 0.5) is 0 Å². The van der Waals surface area contributed by atoms with Gasteiger partial charge in [0.25, 0.3) is 0 Å². The lowest BCUT2D eigenvalue weighted by Gasteiger charge is -2.31. The first-order valence-electron chi connectivity index (χ1n) is 8.45. The summed E-state index contributed by atoms with van der Waals surface area (Å²) in [5.74, 6) is 0.278. The van der Waals surface area contributed by atoms with Gasteiger partial charge in [-0.3, -0.25) is 0 Å². The molecule has 0 heterocycles. The molecule has 0 bridgehead atoms. The first kappa shape index (κ1) is 16.8. The summed E-state index contributed by atoms with van der Waals surface area (Å²) in [7, 11) is 0. The molecule has 2 N–H and O–H groups in total. The summed E-state index contributed by atoms with van der Waals surface area (Å²) < 4.78 is 0. The van der Waals surface area contributed by atoms with Crippen molar-refractivity contribution in [3.05, 3.63) is 64.7 Å². The van der Waals surface area contributed by atoms with Crippen LogP contribution in [0.25, 0.3) is 11.6 Å². The van der Waals surface area contributed by atoms with Crippen LogP contribution in [0.3, 0.4) is 0 Å². The molecule has 0 radical (unpaired) electrons. The molecular weight excluding hydrogens is 296 g/mol. The van der Waals surface area contributed by atoms with E-state index in [9.17, 15) is 10.2 Å².